The van der Waals surface area contributed by atoms with Gasteiger partial charge in [-0.2, -0.15) is 0 Å². The van der Waals surface area contributed by atoms with Gasteiger partial charge in [-0.15, -0.1) is 0 Å². The van der Waals surface area contributed by atoms with Gasteiger partial charge in [-0.3, -0.25) is 0 Å². The van der Waals surface area contributed by atoms with Gasteiger partial charge in [0, 0.05) is 44.0 Å². The minimum atomic E-state index is -0.0746. The van der Waals surface area contributed by atoms with E-state index < -0.39 is 0 Å². The zero-order valence-corrected chi connectivity index (χ0v) is 19.8. The summed E-state index contributed by atoms with van der Waals surface area (Å²) in [7, 11) is 0. The Hall–Kier alpha value is -3.00. The molecule has 2 saturated heterocycles. The molecule has 2 aliphatic heterocycles. The average Bonchev–Trinajstić information content (AvgIpc) is 3.60. The molecule has 34 heavy (non-hydrogen) atoms. The summed E-state index contributed by atoms with van der Waals surface area (Å²) >= 11 is 0. The zero-order chi connectivity index (χ0) is 23.3. The Morgan fingerprint density at radius 2 is 1.94 bits per heavy atom. The first-order valence-electron chi connectivity index (χ1n) is 12.4. The highest BCUT2D eigenvalue weighted by atomic mass is 16.5. The number of pyridine rings is 1. The van der Waals surface area contributed by atoms with Gasteiger partial charge < -0.3 is 29.3 Å². The number of nitrogens with zero attached hydrogens (tertiary/aromatic N) is 3. The van der Waals surface area contributed by atoms with Crippen molar-refractivity contribution >= 4 is 11.7 Å². The number of anilines is 1. The molecule has 182 valence electrons. The van der Waals surface area contributed by atoms with E-state index in [4.69, 9.17) is 14.2 Å². The summed E-state index contributed by atoms with van der Waals surface area (Å²) in [5.41, 5.74) is 2.18. The predicted molar refractivity (Wildman–Crippen MR) is 129 cm³/mol. The van der Waals surface area contributed by atoms with Gasteiger partial charge in [0.2, 0.25) is 5.88 Å². The summed E-state index contributed by atoms with van der Waals surface area (Å²) in [5, 5.41) is 3.07. The number of nitrogens with one attached hydrogen (secondary N) is 1. The minimum absolute atomic E-state index is 0.0422. The van der Waals surface area contributed by atoms with Gasteiger partial charge in [-0.1, -0.05) is 12.1 Å². The van der Waals surface area contributed by atoms with Gasteiger partial charge in [0.25, 0.3) is 0 Å². The first-order valence-corrected chi connectivity index (χ1v) is 12.4. The molecule has 2 amide bonds. The number of urea groups is 1. The minimum Gasteiger partial charge on any atom is -0.489 e. The van der Waals surface area contributed by atoms with Crippen molar-refractivity contribution in [3.05, 3.63) is 48.2 Å². The van der Waals surface area contributed by atoms with E-state index in [0.29, 0.717) is 38.1 Å². The summed E-state index contributed by atoms with van der Waals surface area (Å²) in [6, 6.07) is 12.0. The second-order valence-electron chi connectivity index (χ2n) is 9.42. The van der Waals surface area contributed by atoms with Gasteiger partial charge >= 0.3 is 6.03 Å². The normalized spacial score (nSPS) is 21.3. The highest BCUT2D eigenvalue weighted by molar-refractivity contribution is 5.74. The van der Waals surface area contributed by atoms with Gasteiger partial charge in [-0.25, -0.2) is 9.78 Å². The first-order chi connectivity index (χ1) is 16.6. The number of benzene rings is 1. The maximum absolute atomic E-state index is 12.4. The van der Waals surface area contributed by atoms with Crippen LogP contribution in [0.1, 0.15) is 37.8 Å². The zero-order valence-electron chi connectivity index (χ0n) is 19.8. The van der Waals surface area contributed by atoms with E-state index in [1.165, 1.54) is 12.8 Å². The summed E-state index contributed by atoms with van der Waals surface area (Å²) in [4.78, 5) is 20.9. The third-order valence-electron chi connectivity index (χ3n) is 6.71. The highest BCUT2D eigenvalue weighted by Gasteiger charge is 2.26. The molecule has 1 aromatic heterocycles. The Bertz CT molecular complexity index is 960. The van der Waals surface area contributed by atoms with Crippen LogP contribution in [0.15, 0.2) is 42.6 Å². The molecular weight excluding hydrogens is 432 g/mol. The number of aromatic nitrogens is 1. The predicted octanol–water partition coefficient (Wildman–Crippen LogP) is 3.63. The quantitative estimate of drug-likeness (QED) is 0.640. The molecule has 8 heteroatoms. The number of hydrogen-bond acceptors (Lipinski definition) is 6. The molecule has 0 bridgehead atoms. The van der Waals surface area contributed by atoms with E-state index in [0.717, 1.165) is 43.1 Å². The maximum Gasteiger partial charge on any atom is 0.318 e. The van der Waals surface area contributed by atoms with Crippen molar-refractivity contribution in [2.24, 2.45) is 5.92 Å². The average molecular weight is 467 g/mol. The molecule has 1 saturated carbocycles. The standard InChI is InChI=1S/C26H34N4O4/c1-19(28-26(31)29-12-14-32-15-13-29)21-4-6-23(7-5-21)34-24-9-11-30(17-24)22-8-10-27-25(16-22)33-18-20-2-3-20/h4-8,10,16,19-20,24H,2-3,9,11-15,17-18H2,1H3,(H,28,31)/t19-,24?/m0/s1. The molecular formula is C26H34N4O4. The number of amides is 2. The molecule has 2 aromatic rings. The molecule has 8 nitrogen and oxygen atoms in total. The van der Waals surface area contributed by atoms with Gasteiger partial charge in [0.05, 0.1) is 32.4 Å². The Morgan fingerprint density at radius 3 is 2.71 bits per heavy atom. The SMILES string of the molecule is C[C@H](NC(=O)N1CCOCC1)c1ccc(OC2CCN(c3ccnc(OCC4CC4)c3)C2)cc1. The van der Waals surface area contributed by atoms with Crippen molar-refractivity contribution < 1.29 is 19.0 Å². The summed E-state index contributed by atoms with van der Waals surface area (Å²) in [6.45, 7) is 7.02. The van der Waals surface area contributed by atoms with Crippen LogP contribution in [-0.4, -0.2) is 68.0 Å². The Balaban J connectivity index is 1.10. The fraction of sp³-hybridized carbons (Fsp3) is 0.538. The Morgan fingerprint density at radius 1 is 1.15 bits per heavy atom. The molecule has 1 unspecified atom stereocenters. The molecule has 0 radical (unpaired) electrons. The third kappa shape index (κ3) is 5.91. The topological polar surface area (TPSA) is 76.2 Å². The van der Waals surface area contributed by atoms with Crippen molar-refractivity contribution in [3.8, 4) is 11.6 Å². The van der Waals surface area contributed by atoms with E-state index in [1.807, 2.05) is 49.5 Å². The molecule has 5 rings (SSSR count). The fourth-order valence-corrected chi connectivity index (χ4v) is 4.38. The second-order valence-corrected chi connectivity index (χ2v) is 9.42. The molecule has 3 fully saturated rings. The van der Waals surface area contributed by atoms with Crippen molar-refractivity contribution in [3.63, 3.8) is 0 Å². The molecule has 2 atom stereocenters. The van der Waals surface area contributed by atoms with Crippen LogP contribution in [0.2, 0.25) is 0 Å². The molecule has 0 spiro atoms. The van der Waals surface area contributed by atoms with E-state index in [1.54, 1.807) is 4.90 Å². The number of carbonyl (C=O) groups excluding carboxylic acids is 1. The van der Waals surface area contributed by atoms with Gasteiger partial charge in [-0.05, 0) is 49.4 Å². The van der Waals surface area contributed by atoms with Crippen molar-refractivity contribution in [2.75, 3.05) is 50.9 Å². The van der Waals surface area contributed by atoms with Crippen LogP contribution in [0.4, 0.5) is 10.5 Å². The molecule has 1 aromatic carbocycles. The number of carbonyl (C=O) groups is 1. The van der Waals surface area contributed by atoms with E-state index in [2.05, 4.69) is 15.2 Å². The summed E-state index contributed by atoms with van der Waals surface area (Å²) in [5.74, 6) is 2.27. The van der Waals surface area contributed by atoms with Crippen molar-refractivity contribution in [1.82, 2.24) is 15.2 Å². The summed E-state index contributed by atoms with van der Waals surface area (Å²) in [6.07, 6.45) is 5.47. The molecule has 3 aliphatic rings. The van der Waals surface area contributed by atoms with Crippen LogP contribution in [0.5, 0.6) is 11.6 Å². The van der Waals surface area contributed by atoms with Crippen molar-refractivity contribution in [1.29, 1.82) is 0 Å². The van der Waals surface area contributed by atoms with Crippen LogP contribution in [0.25, 0.3) is 0 Å². The van der Waals surface area contributed by atoms with Crippen LogP contribution >= 0.6 is 0 Å². The summed E-state index contributed by atoms with van der Waals surface area (Å²) < 4.78 is 17.4. The third-order valence-corrected chi connectivity index (χ3v) is 6.71. The maximum atomic E-state index is 12.4. The number of morpholine rings is 1. The Kier molecular flexibility index (Phi) is 7.04. The largest absolute Gasteiger partial charge is 0.489 e. The van der Waals surface area contributed by atoms with Gasteiger partial charge in [0.1, 0.15) is 11.9 Å². The Labute approximate surface area is 201 Å². The van der Waals surface area contributed by atoms with Crippen molar-refractivity contribution in [2.45, 2.75) is 38.3 Å². The first kappa shape index (κ1) is 22.8. The smallest absolute Gasteiger partial charge is 0.318 e. The monoisotopic (exact) mass is 466 g/mol. The second kappa shape index (κ2) is 10.5. The number of hydrogen-bond donors (Lipinski definition) is 1. The molecule has 1 aliphatic carbocycles. The van der Waals surface area contributed by atoms with Crippen LogP contribution in [0.3, 0.4) is 0 Å². The lowest BCUT2D eigenvalue weighted by Gasteiger charge is -2.28. The number of rotatable bonds is 8. The lowest BCUT2D eigenvalue weighted by Crippen LogP contribution is -2.46. The van der Waals surface area contributed by atoms with Crippen LogP contribution in [0, 0.1) is 5.92 Å². The lowest BCUT2D eigenvalue weighted by atomic mass is 10.1. The van der Waals surface area contributed by atoms with Gasteiger partial charge in [0.15, 0.2) is 0 Å². The van der Waals surface area contributed by atoms with E-state index >= 15 is 0 Å². The van der Waals surface area contributed by atoms with E-state index in [9.17, 15) is 4.79 Å². The highest BCUT2D eigenvalue weighted by Crippen LogP contribution is 2.30. The molecule has 1 N–H and O–H groups in total. The lowest BCUT2D eigenvalue weighted by molar-refractivity contribution is 0.0526. The van der Waals surface area contributed by atoms with Crippen LogP contribution < -0.4 is 19.7 Å². The fourth-order valence-electron chi connectivity index (χ4n) is 4.38. The van der Waals surface area contributed by atoms with Crippen LogP contribution in [-0.2, 0) is 4.74 Å². The van der Waals surface area contributed by atoms with E-state index in [-0.39, 0.29) is 18.2 Å². The number of ether oxygens (including phenoxy) is 3. The molecule has 3 heterocycles.